The molecule has 0 aliphatic carbocycles. The molecule has 0 amide bonds. The van der Waals surface area contributed by atoms with Gasteiger partial charge in [0, 0.05) is 5.02 Å². The van der Waals surface area contributed by atoms with Crippen molar-refractivity contribution in [3.8, 4) is 5.75 Å². The quantitative estimate of drug-likeness (QED) is 0.814. The van der Waals surface area contributed by atoms with Gasteiger partial charge in [0.1, 0.15) is 5.75 Å². The Morgan fingerprint density at radius 2 is 2.12 bits per heavy atom. The number of carbonyl (C=O) groups excluding carboxylic acids is 1. The maximum atomic E-state index is 11.9. The number of Topliss-reactive ketones (excluding diaryl/α,β-unsaturated/α-hetero) is 1. The lowest BCUT2D eigenvalue weighted by Crippen LogP contribution is -2.20. The fraction of sp³-hybridized carbons (Fsp3) is 0.462. The summed E-state index contributed by atoms with van der Waals surface area (Å²) in [6, 6.07) is 1.73. The van der Waals surface area contributed by atoms with Crippen LogP contribution in [-0.2, 0) is 0 Å². The summed E-state index contributed by atoms with van der Waals surface area (Å²) in [4.78, 5) is 11.9. The number of aromatic hydroxyl groups is 1. The van der Waals surface area contributed by atoms with Gasteiger partial charge in [-0.15, -0.1) is 0 Å². The minimum atomic E-state index is -0.146. The molecule has 1 aromatic carbocycles. The number of phenols is 1. The number of phenolic OH excluding ortho intramolecular Hbond substituents is 1. The summed E-state index contributed by atoms with van der Waals surface area (Å²) in [6.45, 7) is 5.83. The molecule has 17 heavy (non-hydrogen) atoms. The molecule has 0 radical (unpaired) electrons. The molecular weight excluding hydrogens is 238 g/mol. The zero-order valence-corrected chi connectivity index (χ0v) is 11.4. The fourth-order valence-corrected chi connectivity index (χ4v) is 2.00. The molecule has 0 spiro atoms. The fourth-order valence-electron chi connectivity index (χ4n) is 1.78. The number of carbonyl (C=O) groups is 1. The van der Waals surface area contributed by atoms with Crippen molar-refractivity contribution in [2.45, 2.75) is 26.7 Å². The Hall–Kier alpha value is -1.06. The van der Waals surface area contributed by atoms with Gasteiger partial charge >= 0.3 is 0 Å². The third kappa shape index (κ3) is 2.79. The second kappa shape index (κ2) is 5.52. The van der Waals surface area contributed by atoms with Gasteiger partial charge in [-0.1, -0.05) is 25.4 Å². The highest BCUT2D eigenvalue weighted by Crippen LogP contribution is 2.35. The van der Waals surface area contributed by atoms with Crippen LogP contribution in [0.1, 0.15) is 41.3 Å². The van der Waals surface area contributed by atoms with Crippen LogP contribution >= 0.6 is 11.6 Å². The molecule has 0 unspecified atom stereocenters. The molecule has 94 valence electrons. The minimum Gasteiger partial charge on any atom is -0.507 e. The Labute approximate surface area is 107 Å². The minimum absolute atomic E-state index is 0.0575. The number of halogens is 1. The monoisotopic (exact) mass is 255 g/mol. The molecule has 0 saturated carbocycles. The lowest BCUT2D eigenvalue weighted by molar-refractivity contribution is 0.0990. The van der Waals surface area contributed by atoms with Crippen molar-refractivity contribution in [2.24, 2.45) is 0 Å². The molecule has 0 saturated heterocycles. The van der Waals surface area contributed by atoms with E-state index in [4.69, 9.17) is 11.6 Å². The number of rotatable bonds is 4. The van der Waals surface area contributed by atoms with Gasteiger partial charge in [-0.3, -0.25) is 4.79 Å². The van der Waals surface area contributed by atoms with Gasteiger partial charge in [0.15, 0.2) is 5.78 Å². The van der Waals surface area contributed by atoms with E-state index >= 15 is 0 Å². The van der Waals surface area contributed by atoms with Gasteiger partial charge in [0.05, 0.1) is 12.1 Å². The summed E-state index contributed by atoms with van der Waals surface area (Å²) >= 11 is 6.10. The van der Waals surface area contributed by atoms with Crippen LogP contribution in [0.5, 0.6) is 5.75 Å². The lowest BCUT2D eigenvalue weighted by atomic mass is 9.94. The summed E-state index contributed by atoms with van der Waals surface area (Å²) in [6.07, 6.45) is 0. The van der Waals surface area contributed by atoms with Crippen LogP contribution in [0, 0.1) is 6.92 Å². The molecule has 4 heteroatoms. The van der Waals surface area contributed by atoms with Crippen molar-refractivity contribution in [1.29, 1.82) is 0 Å². The highest BCUT2D eigenvalue weighted by molar-refractivity contribution is 6.32. The molecule has 0 atom stereocenters. The summed E-state index contributed by atoms with van der Waals surface area (Å²) in [5.74, 6) is 0.0308. The van der Waals surface area contributed by atoms with Crippen molar-refractivity contribution in [3.05, 3.63) is 27.8 Å². The number of nitrogens with one attached hydrogen (secondary N) is 1. The van der Waals surface area contributed by atoms with E-state index in [9.17, 15) is 9.90 Å². The highest BCUT2D eigenvalue weighted by atomic mass is 35.5. The average Bonchev–Trinajstić information content (AvgIpc) is 2.23. The number of benzene rings is 1. The lowest BCUT2D eigenvalue weighted by Gasteiger charge is -2.15. The van der Waals surface area contributed by atoms with Crippen LogP contribution in [0.15, 0.2) is 6.07 Å². The number of hydrogen-bond donors (Lipinski definition) is 2. The second-order valence-corrected chi connectivity index (χ2v) is 4.81. The van der Waals surface area contributed by atoms with Crippen molar-refractivity contribution in [3.63, 3.8) is 0 Å². The summed E-state index contributed by atoms with van der Waals surface area (Å²) in [5.41, 5.74) is 1.67. The van der Waals surface area contributed by atoms with E-state index in [0.717, 1.165) is 0 Å². The third-order valence-corrected chi connectivity index (χ3v) is 3.16. The van der Waals surface area contributed by atoms with Gasteiger partial charge in [0.25, 0.3) is 0 Å². The molecule has 0 heterocycles. The maximum absolute atomic E-state index is 11.9. The van der Waals surface area contributed by atoms with E-state index in [2.05, 4.69) is 5.32 Å². The Morgan fingerprint density at radius 1 is 1.53 bits per heavy atom. The third-order valence-electron chi connectivity index (χ3n) is 2.76. The molecule has 3 nitrogen and oxygen atoms in total. The smallest absolute Gasteiger partial charge is 0.180 e. The van der Waals surface area contributed by atoms with Gasteiger partial charge in [-0.25, -0.2) is 0 Å². The SMILES string of the molecule is CNCC(=O)c1c(C)c(Cl)cc(C(C)C)c1O. The molecule has 1 aromatic rings. The first-order valence-electron chi connectivity index (χ1n) is 5.59. The van der Waals surface area contributed by atoms with Crippen molar-refractivity contribution in [1.82, 2.24) is 5.32 Å². The Kier molecular flexibility index (Phi) is 4.54. The zero-order valence-electron chi connectivity index (χ0n) is 10.6. The zero-order chi connectivity index (χ0) is 13.2. The van der Waals surface area contributed by atoms with Gasteiger partial charge in [0.2, 0.25) is 0 Å². The highest BCUT2D eigenvalue weighted by Gasteiger charge is 2.20. The largest absolute Gasteiger partial charge is 0.507 e. The van der Waals surface area contributed by atoms with Crippen LogP contribution in [0.2, 0.25) is 5.02 Å². The number of likely N-dealkylation sites (N-methyl/N-ethyl adjacent to an activating group) is 1. The molecule has 1 rings (SSSR count). The van der Waals surface area contributed by atoms with Gasteiger partial charge < -0.3 is 10.4 Å². The van der Waals surface area contributed by atoms with E-state index < -0.39 is 0 Å². The topological polar surface area (TPSA) is 49.3 Å². The van der Waals surface area contributed by atoms with Crippen LogP contribution in [0.3, 0.4) is 0 Å². The summed E-state index contributed by atoms with van der Waals surface area (Å²) in [7, 11) is 1.69. The van der Waals surface area contributed by atoms with E-state index in [1.54, 1.807) is 20.0 Å². The van der Waals surface area contributed by atoms with Crippen LogP contribution in [-0.4, -0.2) is 24.5 Å². The predicted molar refractivity (Wildman–Crippen MR) is 70.2 cm³/mol. The molecule has 0 aromatic heterocycles. The first-order valence-corrected chi connectivity index (χ1v) is 5.97. The Balaban J connectivity index is 3.41. The first kappa shape index (κ1) is 14.0. The molecule has 0 fully saturated rings. The molecule has 0 aliphatic heterocycles. The normalized spacial score (nSPS) is 10.9. The Morgan fingerprint density at radius 3 is 2.59 bits per heavy atom. The molecule has 0 aliphatic rings. The second-order valence-electron chi connectivity index (χ2n) is 4.40. The van der Waals surface area contributed by atoms with Crippen LogP contribution in [0.4, 0.5) is 0 Å². The van der Waals surface area contributed by atoms with Crippen LogP contribution < -0.4 is 5.32 Å². The summed E-state index contributed by atoms with van der Waals surface area (Å²) < 4.78 is 0. The van der Waals surface area contributed by atoms with E-state index in [-0.39, 0.29) is 24.0 Å². The van der Waals surface area contributed by atoms with E-state index in [0.29, 0.717) is 21.7 Å². The van der Waals surface area contributed by atoms with Crippen molar-refractivity contribution < 1.29 is 9.90 Å². The molecule has 2 N–H and O–H groups in total. The predicted octanol–water partition coefficient (Wildman–Crippen LogP) is 2.88. The van der Waals surface area contributed by atoms with Gasteiger partial charge in [-0.05, 0) is 37.1 Å². The molecule has 0 bridgehead atoms. The van der Waals surface area contributed by atoms with Gasteiger partial charge in [-0.2, -0.15) is 0 Å². The van der Waals surface area contributed by atoms with E-state index in [1.807, 2.05) is 13.8 Å². The maximum Gasteiger partial charge on any atom is 0.180 e. The van der Waals surface area contributed by atoms with Crippen molar-refractivity contribution >= 4 is 17.4 Å². The van der Waals surface area contributed by atoms with Crippen LogP contribution in [0.25, 0.3) is 0 Å². The van der Waals surface area contributed by atoms with E-state index in [1.165, 1.54) is 0 Å². The number of ketones is 1. The first-order chi connectivity index (χ1) is 7.90. The Bertz CT molecular complexity index is 442. The number of hydrogen-bond acceptors (Lipinski definition) is 3. The standard InChI is InChI=1S/C13H18ClNO2/c1-7(2)9-5-10(14)8(3)12(13(9)17)11(16)6-15-4/h5,7,15,17H,6H2,1-4H3. The van der Waals surface area contributed by atoms with Crippen molar-refractivity contribution in [2.75, 3.05) is 13.6 Å². The summed E-state index contributed by atoms with van der Waals surface area (Å²) in [5, 5.41) is 13.5. The average molecular weight is 256 g/mol. The molecular formula is C13H18ClNO2.